The number of ether oxygens (including phenoxy) is 1. The number of amides is 1. The molecule has 0 aliphatic carbocycles. The van der Waals surface area contributed by atoms with E-state index in [0.29, 0.717) is 26.1 Å². The molecule has 21 heavy (non-hydrogen) atoms. The largest absolute Gasteiger partial charge is 0.480 e. The van der Waals surface area contributed by atoms with Gasteiger partial charge in [-0.2, -0.15) is 0 Å². The van der Waals surface area contributed by atoms with E-state index in [1.165, 1.54) is 17.0 Å². The number of carboxylic acid groups (broad SMARTS) is 1. The predicted octanol–water partition coefficient (Wildman–Crippen LogP) is 1.46. The standard InChI is InChI=1S/C15H18FNO4/c16-13-4-2-1-3-11(13)9-14(18)17(10-15(19)20)12-5-7-21-8-6-12/h1-4,12H,5-10H2,(H,19,20). The van der Waals surface area contributed by atoms with Gasteiger partial charge in [0.25, 0.3) is 0 Å². The molecular weight excluding hydrogens is 277 g/mol. The fourth-order valence-electron chi connectivity index (χ4n) is 2.47. The van der Waals surface area contributed by atoms with Crippen molar-refractivity contribution in [1.82, 2.24) is 4.90 Å². The number of hydrogen-bond acceptors (Lipinski definition) is 3. The van der Waals surface area contributed by atoms with E-state index >= 15 is 0 Å². The number of benzene rings is 1. The third-order valence-corrected chi connectivity index (χ3v) is 3.56. The normalized spacial score (nSPS) is 15.7. The number of rotatable bonds is 5. The minimum absolute atomic E-state index is 0.128. The topological polar surface area (TPSA) is 66.8 Å². The van der Waals surface area contributed by atoms with Gasteiger partial charge < -0.3 is 14.7 Å². The van der Waals surface area contributed by atoms with Gasteiger partial charge in [-0.25, -0.2) is 4.39 Å². The van der Waals surface area contributed by atoms with Crippen LogP contribution in [0.1, 0.15) is 18.4 Å². The Hall–Kier alpha value is -1.95. The molecule has 1 aliphatic heterocycles. The molecular formula is C15H18FNO4. The molecule has 0 radical (unpaired) electrons. The average molecular weight is 295 g/mol. The van der Waals surface area contributed by atoms with E-state index in [2.05, 4.69) is 0 Å². The molecule has 1 N–H and O–H groups in total. The quantitative estimate of drug-likeness (QED) is 0.893. The van der Waals surface area contributed by atoms with Gasteiger partial charge in [0.05, 0.1) is 6.42 Å². The molecule has 0 saturated carbocycles. The van der Waals surface area contributed by atoms with Crippen LogP contribution in [-0.2, 0) is 20.7 Å². The number of carboxylic acids is 1. The highest BCUT2D eigenvalue weighted by Crippen LogP contribution is 2.17. The van der Waals surface area contributed by atoms with Gasteiger partial charge in [-0.3, -0.25) is 9.59 Å². The first kappa shape index (κ1) is 15.4. The van der Waals surface area contributed by atoms with Gasteiger partial charge >= 0.3 is 5.97 Å². The molecule has 1 aromatic rings. The number of hydrogen-bond donors (Lipinski definition) is 1. The Labute approximate surface area is 122 Å². The fraction of sp³-hybridized carbons (Fsp3) is 0.467. The lowest BCUT2D eigenvalue weighted by molar-refractivity contribution is -0.147. The van der Waals surface area contributed by atoms with Crippen LogP contribution in [0.15, 0.2) is 24.3 Å². The Morgan fingerprint density at radius 2 is 1.95 bits per heavy atom. The van der Waals surface area contributed by atoms with Crippen LogP contribution in [0, 0.1) is 5.82 Å². The van der Waals surface area contributed by atoms with Crippen molar-refractivity contribution < 1.29 is 23.8 Å². The molecule has 0 aromatic heterocycles. The van der Waals surface area contributed by atoms with E-state index in [0.717, 1.165) is 0 Å². The first-order chi connectivity index (χ1) is 10.1. The van der Waals surface area contributed by atoms with Gasteiger partial charge in [0.2, 0.25) is 5.91 Å². The number of halogens is 1. The van der Waals surface area contributed by atoms with Crippen LogP contribution in [0.2, 0.25) is 0 Å². The summed E-state index contributed by atoms with van der Waals surface area (Å²) in [4.78, 5) is 24.7. The third kappa shape index (κ3) is 4.26. The highest BCUT2D eigenvalue weighted by atomic mass is 19.1. The highest BCUT2D eigenvalue weighted by Gasteiger charge is 2.27. The fourth-order valence-corrected chi connectivity index (χ4v) is 2.47. The second-order valence-electron chi connectivity index (χ2n) is 5.03. The Morgan fingerprint density at radius 1 is 1.29 bits per heavy atom. The maximum Gasteiger partial charge on any atom is 0.323 e. The second kappa shape index (κ2) is 7.17. The van der Waals surface area contributed by atoms with Gasteiger partial charge in [0.15, 0.2) is 0 Å². The molecule has 0 bridgehead atoms. The zero-order chi connectivity index (χ0) is 15.2. The first-order valence-corrected chi connectivity index (χ1v) is 6.90. The maximum absolute atomic E-state index is 13.6. The lowest BCUT2D eigenvalue weighted by Gasteiger charge is -2.33. The number of aliphatic carboxylic acids is 1. The zero-order valence-corrected chi connectivity index (χ0v) is 11.6. The number of carbonyl (C=O) groups excluding carboxylic acids is 1. The molecule has 114 valence electrons. The van der Waals surface area contributed by atoms with Crippen LogP contribution in [0.5, 0.6) is 0 Å². The molecule has 1 aliphatic rings. The van der Waals surface area contributed by atoms with Gasteiger partial charge in [0, 0.05) is 19.3 Å². The SMILES string of the molecule is O=C(O)CN(C(=O)Cc1ccccc1F)C1CCOCC1. The van der Waals surface area contributed by atoms with E-state index in [4.69, 9.17) is 9.84 Å². The summed E-state index contributed by atoms with van der Waals surface area (Å²) in [6.45, 7) is 0.652. The molecule has 1 fully saturated rings. The minimum Gasteiger partial charge on any atom is -0.480 e. The van der Waals surface area contributed by atoms with Crippen molar-refractivity contribution >= 4 is 11.9 Å². The molecule has 5 nitrogen and oxygen atoms in total. The summed E-state index contributed by atoms with van der Waals surface area (Å²) in [5, 5.41) is 8.98. The predicted molar refractivity (Wildman–Crippen MR) is 73.3 cm³/mol. The van der Waals surface area contributed by atoms with Crippen molar-refractivity contribution in [2.75, 3.05) is 19.8 Å². The zero-order valence-electron chi connectivity index (χ0n) is 11.6. The van der Waals surface area contributed by atoms with Crippen LogP contribution in [0.25, 0.3) is 0 Å². The third-order valence-electron chi connectivity index (χ3n) is 3.56. The van der Waals surface area contributed by atoms with Gasteiger partial charge in [-0.15, -0.1) is 0 Å². The second-order valence-corrected chi connectivity index (χ2v) is 5.03. The van der Waals surface area contributed by atoms with Gasteiger partial charge in [0.1, 0.15) is 12.4 Å². The van der Waals surface area contributed by atoms with Crippen molar-refractivity contribution in [1.29, 1.82) is 0 Å². The Morgan fingerprint density at radius 3 is 2.57 bits per heavy atom. The van der Waals surface area contributed by atoms with Gasteiger partial charge in [-0.1, -0.05) is 18.2 Å². The van der Waals surface area contributed by atoms with Crippen molar-refractivity contribution in [3.05, 3.63) is 35.6 Å². The highest BCUT2D eigenvalue weighted by molar-refractivity contribution is 5.83. The van der Waals surface area contributed by atoms with Crippen LogP contribution in [0.3, 0.4) is 0 Å². The summed E-state index contributed by atoms with van der Waals surface area (Å²) < 4.78 is 18.8. The summed E-state index contributed by atoms with van der Waals surface area (Å²) in [7, 11) is 0. The maximum atomic E-state index is 13.6. The molecule has 1 heterocycles. The minimum atomic E-state index is -1.07. The number of carbonyl (C=O) groups is 2. The molecule has 0 atom stereocenters. The Balaban J connectivity index is 2.10. The average Bonchev–Trinajstić information content (AvgIpc) is 2.48. The molecule has 0 unspecified atom stereocenters. The lowest BCUT2D eigenvalue weighted by Crippen LogP contribution is -2.46. The smallest absolute Gasteiger partial charge is 0.323 e. The van der Waals surface area contributed by atoms with E-state index in [1.54, 1.807) is 12.1 Å². The van der Waals surface area contributed by atoms with Crippen molar-refractivity contribution in [2.45, 2.75) is 25.3 Å². The van der Waals surface area contributed by atoms with Crippen molar-refractivity contribution in [2.24, 2.45) is 0 Å². The molecule has 6 heteroatoms. The van der Waals surface area contributed by atoms with Crippen LogP contribution in [-0.4, -0.2) is 47.7 Å². The van der Waals surface area contributed by atoms with Crippen LogP contribution < -0.4 is 0 Å². The summed E-state index contributed by atoms with van der Waals surface area (Å²) in [6, 6.07) is 5.88. The van der Waals surface area contributed by atoms with Crippen molar-refractivity contribution in [3.8, 4) is 0 Å². The molecule has 1 amide bonds. The number of nitrogens with zero attached hydrogens (tertiary/aromatic N) is 1. The molecule has 1 saturated heterocycles. The summed E-state index contributed by atoms with van der Waals surface area (Å²) >= 11 is 0. The van der Waals surface area contributed by atoms with Crippen molar-refractivity contribution in [3.63, 3.8) is 0 Å². The van der Waals surface area contributed by atoms with Gasteiger partial charge in [-0.05, 0) is 24.5 Å². The molecule has 2 rings (SSSR count). The monoisotopic (exact) mass is 295 g/mol. The van der Waals surface area contributed by atoms with E-state index in [1.807, 2.05) is 0 Å². The van der Waals surface area contributed by atoms with E-state index < -0.39 is 11.8 Å². The molecule has 0 spiro atoms. The van der Waals surface area contributed by atoms with Crippen LogP contribution >= 0.6 is 0 Å². The van der Waals surface area contributed by atoms with E-state index in [-0.39, 0.29) is 30.5 Å². The lowest BCUT2D eigenvalue weighted by atomic mass is 10.0. The summed E-state index contributed by atoms with van der Waals surface area (Å²) in [5.41, 5.74) is 0.282. The first-order valence-electron chi connectivity index (χ1n) is 6.90. The summed E-state index contributed by atoms with van der Waals surface area (Å²) in [5.74, 6) is -1.88. The Bertz CT molecular complexity index is 514. The Kier molecular flexibility index (Phi) is 5.27. The van der Waals surface area contributed by atoms with E-state index in [9.17, 15) is 14.0 Å². The molecule has 1 aromatic carbocycles. The summed E-state index contributed by atoms with van der Waals surface area (Å²) in [6.07, 6.45) is 1.09. The van der Waals surface area contributed by atoms with Crippen LogP contribution in [0.4, 0.5) is 4.39 Å².